The van der Waals surface area contributed by atoms with E-state index < -0.39 is 0 Å². The summed E-state index contributed by atoms with van der Waals surface area (Å²) in [5, 5.41) is 0.792. The SMILES string of the molecule is COC(=O)c1ccc(N=Cc2ccc3c(c2Cl)C(C)(C)CCC3(C)C)cc1. The van der Waals surface area contributed by atoms with Gasteiger partial charge in [-0.3, -0.25) is 4.99 Å². The molecule has 0 heterocycles. The highest BCUT2D eigenvalue weighted by Crippen LogP contribution is 2.48. The van der Waals surface area contributed by atoms with Crippen molar-refractivity contribution < 1.29 is 9.53 Å². The van der Waals surface area contributed by atoms with E-state index in [1.807, 2.05) is 0 Å². The normalized spacial score (nSPS) is 17.6. The van der Waals surface area contributed by atoms with Crippen LogP contribution in [0.2, 0.25) is 5.02 Å². The van der Waals surface area contributed by atoms with Gasteiger partial charge in [-0.25, -0.2) is 4.79 Å². The summed E-state index contributed by atoms with van der Waals surface area (Å²) in [6, 6.07) is 11.3. The molecule has 0 fully saturated rings. The average molecular weight is 384 g/mol. The Labute approximate surface area is 166 Å². The van der Waals surface area contributed by atoms with E-state index >= 15 is 0 Å². The molecule has 0 radical (unpaired) electrons. The van der Waals surface area contributed by atoms with E-state index in [0.717, 1.165) is 29.1 Å². The topological polar surface area (TPSA) is 38.7 Å². The van der Waals surface area contributed by atoms with Gasteiger partial charge < -0.3 is 4.74 Å². The molecule has 0 N–H and O–H groups in total. The van der Waals surface area contributed by atoms with Gasteiger partial charge in [-0.2, -0.15) is 0 Å². The van der Waals surface area contributed by atoms with E-state index in [4.69, 9.17) is 16.3 Å². The van der Waals surface area contributed by atoms with E-state index in [1.54, 1.807) is 30.5 Å². The fourth-order valence-corrected chi connectivity index (χ4v) is 4.22. The molecule has 1 aliphatic rings. The van der Waals surface area contributed by atoms with Crippen molar-refractivity contribution in [1.82, 2.24) is 0 Å². The lowest BCUT2D eigenvalue weighted by atomic mass is 9.63. The minimum Gasteiger partial charge on any atom is -0.465 e. The van der Waals surface area contributed by atoms with E-state index in [1.165, 1.54) is 18.2 Å². The molecule has 0 spiro atoms. The highest BCUT2D eigenvalue weighted by molar-refractivity contribution is 6.34. The quantitative estimate of drug-likeness (QED) is 0.465. The molecular formula is C23H26ClNO2. The molecule has 2 aromatic rings. The van der Waals surface area contributed by atoms with E-state index in [0.29, 0.717) is 5.56 Å². The first-order valence-electron chi connectivity index (χ1n) is 9.22. The minimum atomic E-state index is -0.354. The van der Waals surface area contributed by atoms with Crippen LogP contribution in [0.3, 0.4) is 0 Å². The number of hydrogen-bond acceptors (Lipinski definition) is 3. The summed E-state index contributed by atoms with van der Waals surface area (Å²) < 4.78 is 4.72. The monoisotopic (exact) mass is 383 g/mol. The van der Waals surface area contributed by atoms with Gasteiger partial charge in [-0.15, -0.1) is 0 Å². The van der Waals surface area contributed by atoms with Crippen LogP contribution in [-0.2, 0) is 15.6 Å². The number of esters is 1. The lowest BCUT2D eigenvalue weighted by Crippen LogP contribution is -2.34. The summed E-state index contributed by atoms with van der Waals surface area (Å²) in [6.45, 7) is 9.10. The first-order valence-corrected chi connectivity index (χ1v) is 9.59. The third-order valence-corrected chi connectivity index (χ3v) is 6.00. The molecule has 0 amide bonds. The van der Waals surface area contributed by atoms with Gasteiger partial charge in [0.15, 0.2) is 0 Å². The molecule has 0 saturated carbocycles. The zero-order chi connectivity index (χ0) is 19.8. The number of carbonyl (C=O) groups excluding carboxylic acids is 1. The summed E-state index contributed by atoms with van der Waals surface area (Å²) in [4.78, 5) is 16.1. The third-order valence-electron chi connectivity index (χ3n) is 5.59. The van der Waals surface area contributed by atoms with Crippen LogP contribution in [0.15, 0.2) is 41.4 Å². The van der Waals surface area contributed by atoms with Gasteiger partial charge in [0, 0.05) is 11.8 Å². The molecule has 2 aromatic carbocycles. The van der Waals surface area contributed by atoms with Crippen molar-refractivity contribution in [2.45, 2.75) is 51.4 Å². The van der Waals surface area contributed by atoms with Gasteiger partial charge in [0.1, 0.15) is 0 Å². The molecule has 27 heavy (non-hydrogen) atoms. The molecule has 142 valence electrons. The third kappa shape index (κ3) is 3.79. The van der Waals surface area contributed by atoms with Crippen LogP contribution in [0.25, 0.3) is 0 Å². The maximum Gasteiger partial charge on any atom is 0.337 e. The van der Waals surface area contributed by atoms with Crippen LogP contribution < -0.4 is 0 Å². The molecule has 0 bridgehead atoms. The summed E-state index contributed by atoms with van der Waals surface area (Å²) in [5.41, 5.74) is 4.94. The van der Waals surface area contributed by atoms with Crippen molar-refractivity contribution in [2.24, 2.45) is 4.99 Å². The predicted octanol–water partition coefficient (Wildman–Crippen LogP) is 6.23. The highest BCUT2D eigenvalue weighted by atomic mass is 35.5. The minimum absolute atomic E-state index is 0.0496. The van der Waals surface area contributed by atoms with E-state index in [9.17, 15) is 4.79 Å². The van der Waals surface area contributed by atoms with Crippen molar-refractivity contribution in [3.8, 4) is 0 Å². The second-order valence-corrected chi connectivity index (χ2v) is 8.83. The average Bonchev–Trinajstić information content (AvgIpc) is 2.64. The molecule has 4 heteroatoms. The van der Waals surface area contributed by atoms with Crippen LogP contribution in [-0.4, -0.2) is 19.3 Å². The lowest BCUT2D eigenvalue weighted by molar-refractivity contribution is 0.0601. The molecule has 0 atom stereocenters. The highest BCUT2D eigenvalue weighted by Gasteiger charge is 2.38. The Bertz CT molecular complexity index is 895. The number of halogens is 1. The Balaban J connectivity index is 1.95. The second kappa shape index (κ2) is 7.12. The first-order chi connectivity index (χ1) is 12.7. The molecule has 0 saturated heterocycles. The number of benzene rings is 2. The summed E-state index contributed by atoms with van der Waals surface area (Å²) in [5.74, 6) is -0.354. The standard InChI is InChI=1S/C23H26ClNO2/c1-22(2)12-13-23(3,4)19-18(22)11-8-16(20(19)24)14-25-17-9-6-15(7-10-17)21(26)27-5/h6-11,14H,12-13H2,1-5H3. The second-order valence-electron chi connectivity index (χ2n) is 8.46. The van der Waals surface area contributed by atoms with Gasteiger partial charge in [0.05, 0.1) is 23.4 Å². The lowest BCUT2D eigenvalue weighted by Gasteiger charge is -2.42. The summed E-state index contributed by atoms with van der Waals surface area (Å²) in [7, 11) is 1.37. The molecule has 3 rings (SSSR count). The van der Waals surface area contributed by atoms with Gasteiger partial charge in [0.25, 0.3) is 0 Å². The fraction of sp³-hybridized carbons (Fsp3) is 0.391. The molecular weight excluding hydrogens is 358 g/mol. The number of ether oxygens (including phenoxy) is 1. The number of fused-ring (bicyclic) bond motifs is 1. The summed E-state index contributed by atoms with van der Waals surface area (Å²) >= 11 is 6.84. The van der Waals surface area contributed by atoms with Gasteiger partial charge in [-0.1, -0.05) is 51.4 Å². The summed E-state index contributed by atoms with van der Waals surface area (Å²) in [6.07, 6.45) is 4.07. The van der Waals surface area contributed by atoms with Gasteiger partial charge >= 0.3 is 5.97 Å². The zero-order valence-electron chi connectivity index (χ0n) is 16.6. The Morgan fingerprint density at radius 1 is 1.04 bits per heavy atom. The number of nitrogens with zero attached hydrogens (tertiary/aromatic N) is 1. The number of methoxy groups -OCH3 is 1. The van der Waals surface area contributed by atoms with Crippen LogP contribution in [0.4, 0.5) is 5.69 Å². The van der Waals surface area contributed by atoms with Crippen LogP contribution in [0.5, 0.6) is 0 Å². The van der Waals surface area contributed by atoms with Crippen LogP contribution in [0, 0.1) is 0 Å². The predicted molar refractivity (Wildman–Crippen MR) is 112 cm³/mol. The number of aliphatic imine (C=N–C) groups is 1. The smallest absolute Gasteiger partial charge is 0.337 e. The first kappa shape index (κ1) is 19.6. The maximum absolute atomic E-state index is 11.5. The van der Waals surface area contributed by atoms with Gasteiger partial charge in [-0.05, 0) is 59.1 Å². The molecule has 0 unspecified atom stereocenters. The van der Waals surface area contributed by atoms with Crippen molar-refractivity contribution in [2.75, 3.05) is 7.11 Å². The van der Waals surface area contributed by atoms with Crippen LogP contribution >= 0.6 is 11.6 Å². The molecule has 0 aliphatic heterocycles. The number of carbonyl (C=O) groups is 1. The zero-order valence-corrected chi connectivity index (χ0v) is 17.4. The Morgan fingerprint density at radius 2 is 1.67 bits per heavy atom. The van der Waals surface area contributed by atoms with Crippen molar-refractivity contribution in [3.63, 3.8) is 0 Å². The van der Waals surface area contributed by atoms with Crippen molar-refractivity contribution in [1.29, 1.82) is 0 Å². The Kier molecular flexibility index (Phi) is 5.18. The maximum atomic E-state index is 11.5. The number of rotatable bonds is 3. The van der Waals surface area contributed by atoms with E-state index in [2.05, 4.69) is 44.8 Å². The Hall–Kier alpha value is -2.13. The van der Waals surface area contributed by atoms with Crippen molar-refractivity contribution in [3.05, 3.63) is 63.7 Å². The fourth-order valence-electron chi connectivity index (χ4n) is 3.75. The Morgan fingerprint density at radius 3 is 2.30 bits per heavy atom. The molecule has 3 nitrogen and oxygen atoms in total. The largest absolute Gasteiger partial charge is 0.465 e. The number of hydrogen-bond donors (Lipinski definition) is 0. The van der Waals surface area contributed by atoms with Gasteiger partial charge in [0.2, 0.25) is 0 Å². The van der Waals surface area contributed by atoms with Crippen LogP contribution in [0.1, 0.15) is 67.6 Å². The van der Waals surface area contributed by atoms with E-state index in [-0.39, 0.29) is 16.8 Å². The molecule has 1 aliphatic carbocycles. The molecule has 0 aromatic heterocycles. The van der Waals surface area contributed by atoms with Crippen molar-refractivity contribution >= 4 is 29.5 Å².